The number of pyridine rings is 1. The van der Waals surface area contributed by atoms with Crippen LogP contribution in [-0.2, 0) is 4.74 Å². The van der Waals surface area contributed by atoms with Crippen molar-refractivity contribution in [3.63, 3.8) is 0 Å². The van der Waals surface area contributed by atoms with Crippen LogP contribution in [0.2, 0.25) is 0 Å². The van der Waals surface area contributed by atoms with Crippen LogP contribution in [0.4, 0.5) is 0 Å². The monoisotopic (exact) mass is 183 g/mol. The van der Waals surface area contributed by atoms with Gasteiger partial charge in [-0.1, -0.05) is 0 Å². The van der Waals surface area contributed by atoms with Crippen LogP contribution in [0.3, 0.4) is 0 Å². The molecule has 0 bridgehead atoms. The van der Waals surface area contributed by atoms with Gasteiger partial charge in [0, 0.05) is 6.20 Å². The maximum absolute atomic E-state index is 11.0. The zero-order chi connectivity index (χ0) is 9.84. The van der Waals surface area contributed by atoms with Gasteiger partial charge in [0.1, 0.15) is 5.56 Å². The Morgan fingerprint density at radius 2 is 2.23 bits per heavy atom. The van der Waals surface area contributed by atoms with E-state index in [4.69, 9.17) is 4.74 Å². The van der Waals surface area contributed by atoms with E-state index in [2.05, 4.69) is 9.72 Å². The van der Waals surface area contributed by atoms with Gasteiger partial charge in [-0.3, -0.25) is 0 Å². The number of hydrogen-bond acceptors (Lipinski definition) is 5. The largest absolute Gasteiger partial charge is 0.502 e. The van der Waals surface area contributed by atoms with Crippen LogP contribution in [0.1, 0.15) is 10.4 Å². The number of aromatic nitrogens is 1. The summed E-state index contributed by atoms with van der Waals surface area (Å²) < 4.78 is 9.15. The molecule has 0 saturated carbocycles. The van der Waals surface area contributed by atoms with Crippen LogP contribution in [0.15, 0.2) is 12.3 Å². The molecule has 1 rings (SSSR count). The molecule has 0 unspecified atom stereocenters. The second-order valence-corrected chi connectivity index (χ2v) is 2.21. The lowest BCUT2D eigenvalue weighted by atomic mass is 10.2. The van der Waals surface area contributed by atoms with Crippen LogP contribution in [0, 0.1) is 0 Å². The Hall–Kier alpha value is -1.78. The minimum absolute atomic E-state index is 0.00269. The van der Waals surface area contributed by atoms with Gasteiger partial charge in [0.15, 0.2) is 5.75 Å². The number of methoxy groups -OCH3 is 2. The lowest BCUT2D eigenvalue weighted by molar-refractivity contribution is 0.0596. The highest BCUT2D eigenvalue weighted by molar-refractivity contribution is 5.92. The number of nitrogens with zero attached hydrogens (tertiary/aromatic N) is 1. The molecule has 0 fully saturated rings. The Kier molecular flexibility index (Phi) is 2.69. The van der Waals surface area contributed by atoms with Gasteiger partial charge in [-0.05, 0) is 6.07 Å². The summed E-state index contributed by atoms with van der Waals surface area (Å²) in [7, 11) is 2.58. The second kappa shape index (κ2) is 3.75. The van der Waals surface area contributed by atoms with Gasteiger partial charge >= 0.3 is 5.97 Å². The van der Waals surface area contributed by atoms with Gasteiger partial charge in [-0.15, -0.1) is 0 Å². The molecular formula is C8H9NO4. The minimum atomic E-state index is -0.627. The Labute approximate surface area is 74.9 Å². The van der Waals surface area contributed by atoms with Crippen molar-refractivity contribution in [2.24, 2.45) is 0 Å². The maximum Gasteiger partial charge on any atom is 0.341 e. The molecule has 0 aliphatic rings. The molecule has 0 aromatic carbocycles. The quantitative estimate of drug-likeness (QED) is 0.679. The Bertz CT molecular complexity index is 324. The highest BCUT2D eigenvalue weighted by atomic mass is 16.5. The van der Waals surface area contributed by atoms with Crippen molar-refractivity contribution < 1.29 is 19.4 Å². The van der Waals surface area contributed by atoms with E-state index in [1.54, 1.807) is 0 Å². The second-order valence-electron chi connectivity index (χ2n) is 2.21. The summed E-state index contributed by atoms with van der Waals surface area (Å²) in [5, 5.41) is 9.40. The van der Waals surface area contributed by atoms with E-state index < -0.39 is 5.97 Å². The van der Waals surface area contributed by atoms with Gasteiger partial charge in [-0.25, -0.2) is 9.78 Å². The summed E-state index contributed by atoms with van der Waals surface area (Å²) in [5.74, 6) is -0.932. The SMILES string of the molecule is COC(=O)c1ccnc(OC)c1O. The molecule has 0 atom stereocenters. The van der Waals surface area contributed by atoms with Crippen LogP contribution in [0.25, 0.3) is 0 Å². The first-order valence-corrected chi connectivity index (χ1v) is 3.51. The third kappa shape index (κ3) is 1.69. The fourth-order valence-corrected chi connectivity index (χ4v) is 0.859. The molecule has 5 heteroatoms. The Balaban J connectivity index is 3.15. The van der Waals surface area contributed by atoms with Crippen molar-refractivity contribution in [3.8, 4) is 11.6 Å². The number of carbonyl (C=O) groups excluding carboxylic acids is 1. The number of rotatable bonds is 2. The van der Waals surface area contributed by atoms with E-state index >= 15 is 0 Å². The molecule has 1 aromatic rings. The lowest BCUT2D eigenvalue weighted by Gasteiger charge is -2.04. The molecule has 0 spiro atoms. The number of esters is 1. The molecule has 1 heterocycles. The van der Waals surface area contributed by atoms with Crippen LogP contribution in [-0.4, -0.2) is 30.3 Å². The van der Waals surface area contributed by atoms with E-state index in [0.29, 0.717) is 0 Å². The molecule has 0 aliphatic heterocycles. The topological polar surface area (TPSA) is 68.7 Å². The average molecular weight is 183 g/mol. The molecule has 0 saturated heterocycles. The molecule has 5 nitrogen and oxygen atoms in total. The van der Waals surface area contributed by atoms with Crippen molar-refractivity contribution in [2.75, 3.05) is 14.2 Å². The van der Waals surface area contributed by atoms with E-state index in [9.17, 15) is 9.90 Å². The summed E-state index contributed by atoms with van der Waals surface area (Å²) in [6, 6.07) is 1.35. The Morgan fingerprint density at radius 3 is 2.77 bits per heavy atom. The first kappa shape index (κ1) is 9.31. The predicted octanol–water partition coefficient (Wildman–Crippen LogP) is 0.582. The third-order valence-electron chi connectivity index (χ3n) is 1.49. The summed E-state index contributed by atoms with van der Waals surface area (Å²) in [6.45, 7) is 0. The first-order chi connectivity index (χ1) is 6.20. The molecule has 1 aromatic heterocycles. The normalized spacial score (nSPS) is 9.38. The zero-order valence-electron chi connectivity index (χ0n) is 7.27. The maximum atomic E-state index is 11.0. The van der Waals surface area contributed by atoms with Crippen LogP contribution >= 0.6 is 0 Å². The van der Waals surface area contributed by atoms with Crippen molar-refractivity contribution in [3.05, 3.63) is 17.8 Å². The first-order valence-electron chi connectivity index (χ1n) is 3.51. The minimum Gasteiger partial charge on any atom is -0.502 e. The summed E-state index contributed by atoms with van der Waals surface area (Å²) in [5.41, 5.74) is 0.0364. The number of hydrogen-bond donors (Lipinski definition) is 1. The van der Waals surface area contributed by atoms with Crippen LogP contribution < -0.4 is 4.74 Å². The molecule has 70 valence electrons. The van der Waals surface area contributed by atoms with Crippen molar-refractivity contribution in [2.45, 2.75) is 0 Å². The standard InChI is InChI=1S/C8H9NO4/c1-12-7-6(10)5(3-4-9-7)8(11)13-2/h3-4,10H,1-2H3. The fraction of sp³-hybridized carbons (Fsp3) is 0.250. The highest BCUT2D eigenvalue weighted by Gasteiger charge is 2.15. The third-order valence-corrected chi connectivity index (χ3v) is 1.49. The number of aromatic hydroxyl groups is 1. The summed E-state index contributed by atoms with van der Waals surface area (Å²) >= 11 is 0. The van der Waals surface area contributed by atoms with Crippen LogP contribution in [0.5, 0.6) is 11.6 Å². The molecule has 0 aliphatic carbocycles. The predicted molar refractivity (Wildman–Crippen MR) is 43.8 cm³/mol. The molecule has 1 N–H and O–H groups in total. The van der Waals surface area contributed by atoms with Crippen molar-refractivity contribution in [1.29, 1.82) is 0 Å². The number of carbonyl (C=O) groups is 1. The van der Waals surface area contributed by atoms with Gasteiger partial charge in [0.25, 0.3) is 5.88 Å². The van der Waals surface area contributed by atoms with E-state index in [0.717, 1.165) is 0 Å². The molecule has 13 heavy (non-hydrogen) atoms. The lowest BCUT2D eigenvalue weighted by Crippen LogP contribution is -2.02. The summed E-state index contributed by atoms with van der Waals surface area (Å²) in [6.07, 6.45) is 1.35. The van der Waals surface area contributed by atoms with Gasteiger partial charge in [-0.2, -0.15) is 0 Å². The molecule has 0 amide bonds. The van der Waals surface area contributed by atoms with Gasteiger partial charge < -0.3 is 14.6 Å². The van der Waals surface area contributed by atoms with E-state index in [1.165, 1.54) is 26.5 Å². The fourth-order valence-electron chi connectivity index (χ4n) is 0.859. The smallest absolute Gasteiger partial charge is 0.341 e. The molecule has 0 radical (unpaired) electrons. The van der Waals surface area contributed by atoms with Gasteiger partial charge in [0.2, 0.25) is 0 Å². The van der Waals surface area contributed by atoms with E-state index in [-0.39, 0.29) is 17.2 Å². The zero-order valence-corrected chi connectivity index (χ0v) is 7.27. The average Bonchev–Trinajstić information content (AvgIpc) is 2.17. The number of ether oxygens (including phenoxy) is 2. The van der Waals surface area contributed by atoms with Crippen molar-refractivity contribution in [1.82, 2.24) is 4.98 Å². The summed E-state index contributed by atoms with van der Waals surface area (Å²) in [4.78, 5) is 14.7. The van der Waals surface area contributed by atoms with E-state index in [1.807, 2.05) is 0 Å². The van der Waals surface area contributed by atoms with Gasteiger partial charge in [0.05, 0.1) is 14.2 Å². The molecular weight excluding hydrogens is 174 g/mol. The van der Waals surface area contributed by atoms with Crippen molar-refractivity contribution >= 4 is 5.97 Å². The Morgan fingerprint density at radius 1 is 1.54 bits per heavy atom. The highest BCUT2D eigenvalue weighted by Crippen LogP contribution is 2.26.